The van der Waals surface area contributed by atoms with Crippen LogP contribution in [0.4, 0.5) is 0 Å². The number of hydrogen-bond acceptors (Lipinski definition) is 6. The minimum absolute atomic E-state index is 0. The maximum absolute atomic E-state index is 7.62. The Morgan fingerprint density at radius 1 is 0.727 bits per heavy atom. The fraction of sp³-hybridized carbons (Fsp3) is 0. The van der Waals surface area contributed by atoms with Crippen LogP contribution in [0.15, 0.2) is 0 Å². The van der Waals surface area contributed by atoms with Gasteiger partial charge in [-0.25, -0.2) is 0 Å². The van der Waals surface area contributed by atoms with Crippen LogP contribution < -0.4 is 30.8 Å². The van der Waals surface area contributed by atoms with Gasteiger partial charge in [-0.3, -0.25) is 0 Å². The van der Waals surface area contributed by atoms with Crippen molar-refractivity contribution in [2.75, 3.05) is 0 Å². The Morgan fingerprint density at radius 2 is 0.727 bits per heavy atom. The summed E-state index contributed by atoms with van der Waals surface area (Å²) in [7, 11) is 3.66. The first-order valence-electron chi connectivity index (χ1n) is 0.783. The van der Waals surface area contributed by atoms with Gasteiger partial charge in [-0.05, 0) is 0 Å². The van der Waals surface area contributed by atoms with Gasteiger partial charge in [0.15, 0.2) is 0 Å². The molecule has 0 bridgehead atoms. The molecule has 18 N–H and O–H groups in total. The zero-order chi connectivity index (χ0) is 4.50. The van der Waals surface area contributed by atoms with Gasteiger partial charge in [0, 0.05) is 0 Å². The fourth-order valence-corrected chi connectivity index (χ4v) is 0. The maximum atomic E-state index is 7.62. The van der Waals surface area contributed by atoms with E-state index in [1.54, 1.807) is 0 Å². The molecule has 0 aromatic carbocycles. The molecular formula is H19AsKN5O3S. The van der Waals surface area contributed by atoms with Crippen LogP contribution in [0.5, 0.6) is 0 Å². The van der Waals surface area contributed by atoms with Crippen LogP contribution in [-0.2, 0) is 0 Å². The van der Waals surface area contributed by atoms with Gasteiger partial charge in [0.2, 0.25) is 0 Å². The Kier molecular flexibility index (Phi) is 107. The summed E-state index contributed by atoms with van der Waals surface area (Å²) in [5, 5.41) is 0. The van der Waals surface area contributed by atoms with E-state index in [1.807, 2.05) is 0 Å². The average Bonchev–Trinajstić information content (AvgIpc) is 0.722. The molecule has 8 nitrogen and oxygen atoms in total. The van der Waals surface area contributed by atoms with Gasteiger partial charge in [-0.15, -0.1) is 0 Å². The van der Waals surface area contributed by atoms with Crippen LogP contribution in [-0.4, -0.2) is 76.6 Å². The normalized spacial score (nSPS) is 5.36. The van der Waals surface area contributed by atoms with Crippen LogP contribution in [0.1, 0.15) is 0 Å². The molecule has 0 rings (SSSR count). The van der Waals surface area contributed by atoms with E-state index in [-0.39, 0.29) is 82.1 Å². The zero-order valence-electron chi connectivity index (χ0n) is 5.73. The van der Waals surface area contributed by atoms with Gasteiger partial charge in [0.25, 0.3) is 0 Å². The molecule has 11 heteroatoms. The molecule has 0 aromatic rings. The number of rotatable bonds is 0. The summed E-state index contributed by atoms with van der Waals surface area (Å²) < 4.78 is 22.9. The van der Waals surface area contributed by atoms with E-state index in [4.69, 9.17) is 12.3 Å². The molecule has 0 aromatic heterocycles. The predicted octanol–water partition coefficient (Wildman–Crippen LogP) is -1.24. The molecule has 0 heterocycles. The van der Waals surface area contributed by atoms with Crippen LogP contribution >= 0.6 is 10.4 Å². The van der Waals surface area contributed by atoms with Crippen molar-refractivity contribution < 1.29 is 12.3 Å². The van der Waals surface area contributed by atoms with Crippen molar-refractivity contribution in [2.24, 2.45) is 0 Å². The molecule has 0 spiro atoms. The first-order valence-corrected chi connectivity index (χ1v) is 5.96. The van der Waals surface area contributed by atoms with Gasteiger partial charge in [-0.1, -0.05) is 0 Å². The van der Waals surface area contributed by atoms with Crippen molar-refractivity contribution in [3.8, 4) is 0 Å². The molecule has 0 fully saturated rings. The molecular weight excluding hydrogens is 264 g/mol. The minimum atomic E-state index is -4.29. The predicted molar refractivity (Wildman–Crippen MR) is 52.3 cm³/mol. The quantitative estimate of drug-likeness (QED) is 0.247. The molecule has 11 heavy (non-hydrogen) atoms. The van der Waals surface area contributed by atoms with E-state index in [2.05, 4.69) is 10.4 Å². The van der Waals surface area contributed by atoms with E-state index in [0.29, 0.717) is 0 Å². The van der Waals surface area contributed by atoms with Crippen molar-refractivity contribution in [1.82, 2.24) is 30.8 Å². The van der Waals surface area contributed by atoms with E-state index in [0.717, 1.165) is 0 Å². The fourth-order valence-electron chi connectivity index (χ4n) is 0. The molecule has 74 valence electrons. The Labute approximate surface area is 116 Å². The van der Waals surface area contributed by atoms with Crippen molar-refractivity contribution in [3.05, 3.63) is 0 Å². The van der Waals surface area contributed by atoms with Crippen LogP contribution in [0.3, 0.4) is 0 Å². The second-order valence-electron chi connectivity index (χ2n) is 0.513. The first kappa shape index (κ1) is 51.6. The van der Waals surface area contributed by atoms with E-state index >= 15 is 0 Å². The molecule has 0 radical (unpaired) electrons. The van der Waals surface area contributed by atoms with Crippen molar-refractivity contribution >= 4 is 74.7 Å². The molecule has 0 aliphatic carbocycles. The number of hydrogen-bond donors (Lipinski definition) is 8. The third kappa shape index (κ3) is 281. The standard InChI is InChI=1S/AsH3O3S.K.5H3N.H/c2-1(3,4)5;;;;;;;/h(H3,2,3,4,5);;5*1H3;. The van der Waals surface area contributed by atoms with Gasteiger partial charge in [0.05, 0.1) is 0 Å². The summed E-state index contributed by atoms with van der Waals surface area (Å²) in [6, 6.07) is 0. The second-order valence-corrected chi connectivity index (χ2v) is 5.21. The first-order chi connectivity index (χ1) is 2.00. The summed E-state index contributed by atoms with van der Waals surface area (Å²) in [5.74, 6) is 0. The summed E-state index contributed by atoms with van der Waals surface area (Å²) in [6.07, 6.45) is 0. The molecule has 0 aliphatic rings. The van der Waals surface area contributed by atoms with E-state index in [9.17, 15) is 0 Å². The van der Waals surface area contributed by atoms with Crippen molar-refractivity contribution in [3.63, 3.8) is 0 Å². The second kappa shape index (κ2) is 22.7. The summed E-state index contributed by atoms with van der Waals surface area (Å²) >= 11 is -4.29. The molecule has 0 unspecified atom stereocenters. The Bertz CT molecular complexity index is 67.9. The van der Waals surface area contributed by atoms with Gasteiger partial charge in [-0.2, -0.15) is 0 Å². The van der Waals surface area contributed by atoms with Crippen molar-refractivity contribution in [2.45, 2.75) is 0 Å². The summed E-state index contributed by atoms with van der Waals surface area (Å²) in [5.41, 5.74) is 0. The van der Waals surface area contributed by atoms with Crippen molar-refractivity contribution in [1.29, 1.82) is 0 Å². The molecule has 0 saturated heterocycles. The average molecular weight is 283 g/mol. The zero-order valence-corrected chi connectivity index (χ0v) is 8.43. The van der Waals surface area contributed by atoms with Crippen LogP contribution in [0.2, 0.25) is 0 Å². The van der Waals surface area contributed by atoms with E-state index in [1.165, 1.54) is 0 Å². The summed E-state index contributed by atoms with van der Waals surface area (Å²) in [4.78, 5) is 0. The third-order valence-electron chi connectivity index (χ3n) is 0. The van der Waals surface area contributed by atoms with Gasteiger partial charge in [0.1, 0.15) is 0 Å². The van der Waals surface area contributed by atoms with Gasteiger partial charge >= 0.3 is 87.0 Å². The molecule has 0 amide bonds. The SMILES string of the molecule is N.N.N.N.N.O[As](O)(O)=S.[KH]. The van der Waals surface area contributed by atoms with E-state index < -0.39 is 12.9 Å². The Balaban J connectivity index is -0.00000000533. The molecule has 0 saturated carbocycles. The monoisotopic (exact) mass is 283 g/mol. The third-order valence-corrected chi connectivity index (χ3v) is 0. The molecule has 0 atom stereocenters. The molecule has 0 aliphatic heterocycles. The van der Waals surface area contributed by atoms with Crippen LogP contribution in [0.25, 0.3) is 0 Å². The summed E-state index contributed by atoms with van der Waals surface area (Å²) in [6.45, 7) is 0. The van der Waals surface area contributed by atoms with Crippen LogP contribution in [0, 0.1) is 0 Å². The Morgan fingerprint density at radius 3 is 0.727 bits per heavy atom. The topological polar surface area (TPSA) is 236 Å². The Hall–Kier alpha value is 2.09. The van der Waals surface area contributed by atoms with Gasteiger partial charge < -0.3 is 30.8 Å².